The highest BCUT2D eigenvalue weighted by atomic mass is 16.1. The van der Waals surface area contributed by atoms with Gasteiger partial charge in [-0.05, 0) is 61.9 Å². The van der Waals surface area contributed by atoms with E-state index in [-0.39, 0.29) is 11.5 Å². The number of amides is 1. The number of fused-ring (bicyclic) bond motifs is 1. The molecule has 5 nitrogen and oxygen atoms in total. The summed E-state index contributed by atoms with van der Waals surface area (Å²) in [5.41, 5.74) is 3.46. The van der Waals surface area contributed by atoms with Crippen LogP contribution < -0.4 is 10.9 Å². The summed E-state index contributed by atoms with van der Waals surface area (Å²) in [6.45, 7) is 3.72. The predicted octanol–water partition coefficient (Wildman–Crippen LogP) is 4.25. The number of hydrogen-bond donors (Lipinski definition) is 1. The van der Waals surface area contributed by atoms with E-state index < -0.39 is 0 Å². The highest BCUT2D eigenvalue weighted by Crippen LogP contribution is 2.21. The second-order valence-corrected chi connectivity index (χ2v) is 6.64. The lowest BCUT2D eigenvalue weighted by Gasteiger charge is -2.14. The molecule has 0 aliphatic rings. The van der Waals surface area contributed by atoms with Gasteiger partial charge in [0.1, 0.15) is 5.82 Å². The second-order valence-electron chi connectivity index (χ2n) is 6.64. The zero-order valence-electron chi connectivity index (χ0n) is 15.6. The van der Waals surface area contributed by atoms with Gasteiger partial charge in [0.05, 0.1) is 16.6 Å². The lowest BCUT2D eigenvalue weighted by molar-refractivity contribution is 0.102. The highest BCUT2D eigenvalue weighted by Gasteiger charge is 2.12. The Labute approximate surface area is 162 Å². The first-order valence-electron chi connectivity index (χ1n) is 9.00. The molecule has 3 aromatic carbocycles. The van der Waals surface area contributed by atoms with Crippen LogP contribution in [0.2, 0.25) is 0 Å². The monoisotopic (exact) mass is 369 g/mol. The molecule has 0 saturated heterocycles. The zero-order chi connectivity index (χ0) is 19.7. The number of carbonyl (C=O) groups is 1. The van der Waals surface area contributed by atoms with Crippen molar-refractivity contribution in [3.05, 3.63) is 100 Å². The van der Waals surface area contributed by atoms with E-state index >= 15 is 0 Å². The van der Waals surface area contributed by atoms with Gasteiger partial charge in [0.25, 0.3) is 11.5 Å². The van der Waals surface area contributed by atoms with Gasteiger partial charge in [-0.15, -0.1) is 0 Å². The van der Waals surface area contributed by atoms with Crippen LogP contribution in [0.3, 0.4) is 0 Å². The third-order valence-corrected chi connectivity index (χ3v) is 4.70. The molecule has 4 aromatic rings. The Hall–Kier alpha value is -3.73. The average molecular weight is 369 g/mol. The van der Waals surface area contributed by atoms with Crippen molar-refractivity contribution in [1.29, 1.82) is 0 Å². The minimum Gasteiger partial charge on any atom is -0.322 e. The van der Waals surface area contributed by atoms with Gasteiger partial charge < -0.3 is 5.32 Å². The smallest absolute Gasteiger partial charge is 0.265 e. The maximum Gasteiger partial charge on any atom is 0.265 e. The lowest BCUT2D eigenvalue weighted by Crippen LogP contribution is -2.22. The topological polar surface area (TPSA) is 64.0 Å². The fourth-order valence-corrected chi connectivity index (χ4v) is 3.26. The molecule has 1 heterocycles. The maximum absolute atomic E-state index is 13.0. The third kappa shape index (κ3) is 3.18. The Bertz CT molecular complexity index is 1240. The molecule has 5 heteroatoms. The van der Waals surface area contributed by atoms with Crippen molar-refractivity contribution in [2.75, 3.05) is 5.32 Å². The number of anilines is 1. The summed E-state index contributed by atoms with van der Waals surface area (Å²) in [5.74, 6) is 0.446. The van der Waals surface area contributed by atoms with Gasteiger partial charge in [-0.2, -0.15) is 0 Å². The van der Waals surface area contributed by atoms with Crippen LogP contribution in [0.4, 0.5) is 5.69 Å². The van der Waals surface area contributed by atoms with Gasteiger partial charge in [-0.3, -0.25) is 14.2 Å². The molecule has 0 radical (unpaired) electrons. The lowest BCUT2D eigenvalue weighted by atomic mass is 10.1. The number of rotatable bonds is 3. The number of carbonyl (C=O) groups excluding carboxylic acids is 1. The van der Waals surface area contributed by atoms with Crippen LogP contribution in [-0.2, 0) is 0 Å². The van der Waals surface area contributed by atoms with Crippen LogP contribution in [0, 0.1) is 13.8 Å². The van der Waals surface area contributed by atoms with Gasteiger partial charge in [0.15, 0.2) is 0 Å². The van der Waals surface area contributed by atoms with Crippen LogP contribution >= 0.6 is 0 Å². The predicted molar refractivity (Wildman–Crippen MR) is 111 cm³/mol. The molecule has 0 bridgehead atoms. The Morgan fingerprint density at radius 1 is 0.929 bits per heavy atom. The number of aromatic nitrogens is 2. The normalized spacial score (nSPS) is 10.8. The summed E-state index contributed by atoms with van der Waals surface area (Å²) in [6.07, 6.45) is 0. The summed E-state index contributed by atoms with van der Waals surface area (Å²) in [7, 11) is 0. The zero-order valence-corrected chi connectivity index (χ0v) is 15.6. The largest absolute Gasteiger partial charge is 0.322 e. The van der Waals surface area contributed by atoms with Gasteiger partial charge in [-0.25, -0.2) is 4.98 Å². The van der Waals surface area contributed by atoms with E-state index in [2.05, 4.69) is 10.3 Å². The minimum atomic E-state index is -0.169. The van der Waals surface area contributed by atoms with Gasteiger partial charge >= 0.3 is 0 Å². The van der Waals surface area contributed by atoms with Crippen LogP contribution in [0.5, 0.6) is 0 Å². The van der Waals surface area contributed by atoms with Crippen LogP contribution in [0.15, 0.2) is 77.6 Å². The van der Waals surface area contributed by atoms with Crippen molar-refractivity contribution in [3.8, 4) is 5.69 Å². The molecule has 1 amide bonds. The molecule has 1 aromatic heterocycles. The van der Waals surface area contributed by atoms with Crippen molar-refractivity contribution in [2.45, 2.75) is 13.8 Å². The molecule has 0 atom stereocenters. The van der Waals surface area contributed by atoms with Gasteiger partial charge in [0.2, 0.25) is 0 Å². The van der Waals surface area contributed by atoms with Crippen LogP contribution in [0.25, 0.3) is 16.6 Å². The average Bonchev–Trinajstić information content (AvgIpc) is 2.70. The fraction of sp³-hybridized carbons (Fsp3) is 0.0870. The van der Waals surface area contributed by atoms with Crippen molar-refractivity contribution in [3.63, 3.8) is 0 Å². The standard InChI is InChI=1S/C23H19N3O2/c1-15-14-18(12-13-20(15)25-22(27)17-8-4-3-5-9-17)26-16(2)24-21-11-7-6-10-19(21)23(26)28/h3-14H,1-2H3,(H,25,27). The van der Waals surface area contributed by atoms with Crippen molar-refractivity contribution < 1.29 is 4.79 Å². The number of aryl methyl sites for hydroxylation is 2. The summed E-state index contributed by atoms with van der Waals surface area (Å²) >= 11 is 0. The molecule has 0 spiro atoms. The second kappa shape index (κ2) is 7.12. The minimum absolute atomic E-state index is 0.108. The van der Waals surface area contributed by atoms with Gasteiger partial charge in [-0.1, -0.05) is 30.3 Å². The molecule has 138 valence electrons. The first-order chi connectivity index (χ1) is 13.5. The number of nitrogens with one attached hydrogen (secondary N) is 1. The SMILES string of the molecule is Cc1cc(-n2c(C)nc3ccccc3c2=O)ccc1NC(=O)c1ccccc1. The maximum atomic E-state index is 13.0. The van der Waals surface area contributed by atoms with Gasteiger partial charge in [0, 0.05) is 11.3 Å². The van der Waals surface area contributed by atoms with E-state index in [4.69, 9.17) is 0 Å². The molecule has 0 unspecified atom stereocenters. The molecule has 0 aliphatic carbocycles. The third-order valence-electron chi connectivity index (χ3n) is 4.70. The van der Waals surface area contributed by atoms with E-state index in [0.717, 1.165) is 11.3 Å². The van der Waals surface area contributed by atoms with E-state index in [1.54, 1.807) is 22.8 Å². The summed E-state index contributed by atoms with van der Waals surface area (Å²) in [6, 6.07) is 21.9. The molecular weight excluding hydrogens is 350 g/mol. The Kier molecular flexibility index (Phi) is 4.49. The summed E-state index contributed by atoms with van der Waals surface area (Å²) in [5, 5.41) is 3.50. The summed E-state index contributed by atoms with van der Waals surface area (Å²) in [4.78, 5) is 29.9. The Morgan fingerprint density at radius 2 is 1.64 bits per heavy atom. The molecule has 28 heavy (non-hydrogen) atoms. The van der Waals surface area contributed by atoms with Crippen molar-refractivity contribution in [2.24, 2.45) is 0 Å². The van der Waals surface area contributed by atoms with Crippen LogP contribution in [-0.4, -0.2) is 15.5 Å². The van der Waals surface area contributed by atoms with Crippen LogP contribution in [0.1, 0.15) is 21.7 Å². The van der Waals surface area contributed by atoms with E-state index in [9.17, 15) is 9.59 Å². The molecule has 1 N–H and O–H groups in total. The Balaban J connectivity index is 1.72. The number of hydrogen-bond acceptors (Lipinski definition) is 3. The number of para-hydroxylation sites is 1. The highest BCUT2D eigenvalue weighted by molar-refractivity contribution is 6.04. The van der Waals surface area contributed by atoms with Crippen molar-refractivity contribution in [1.82, 2.24) is 9.55 Å². The summed E-state index contributed by atoms with van der Waals surface area (Å²) < 4.78 is 1.60. The molecule has 0 aliphatic heterocycles. The van der Waals surface area contributed by atoms with Crippen molar-refractivity contribution >= 4 is 22.5 Å². The fourth-order valence-electron chi connectivity index (χ4n) is 3.26. The first kappa shape index (κ1) is 17.7. The van der Waals surface area contributed by atoms with E-state index in [1.165, 1.54) is 0 Å². The number of benzene rings is 3. The molecule has 0 fully saturated rings. The quantitative estimate of drug-likeness (QED) is 0.587. The molecule has 4 rings (SSSR count). The van der Waals surface area contributed by atoms with E-state index in [0.29, 0.717) is 28.0 Å². The molecule has 0 saturated carbocycles. The molecular formula is C23H19N3O2. The van der Waals surface area contributed by atoms with E-state index in [1.807, 2.05) is 68.4 Å². The Morgan fingerprint density at radius 3 is 2.39 bits per heavy atom. The number of nitrogens with zero attached hydrogens (tertiary/aromatic N) is 2. The first-order valence-corrected chi connectivity index (χ1v) is 9.00.